The standard InChI is InChI=1S/C15H15N3O2S/c1-2-20-12-5-3-4-11(8-12)18-15(19)13-7-6-10(9-17-13)14(16)21/h3-9H,2H2,1H3,(H2,16,21)(H,18,19). The number of pyridine rings is 1. The van der Waals surface area contributed by atoms with Crippen molar-refractivity contribution in [3.05, 3.63) is 53.9 Å². The number of aromatic nitrogens is 1. The maximum absolute atomic E-state index is 12.1. The molecule has 0 radical (unpaired) electrons. The maximum Gasteiger partial charge on any atom is 0.274 e. The highest BCUT2D eigenvalue weighted by molar-refractivity contribution is 7.80. The summed E-state index contributed by atoms with van der Waals surface area (Å²) < 4.78 is 5.38. The van der Waals surface area contributed by atoms with Gasteiger partial charge >= 0.3 is 0 Å². The molecular formula is C15H15N3O2S. The highest BCUT2D eigenvalue weighted by atomic mass is 32.1. The van der Waals surface area contributed by atoms with E-state index in [1.54, 1.807) is 24.3 Å². The van der Waals surface area contributed by atoms with Gasteiger partial charge in [0.15, 0.2) is 0 Å². The van der Waals surface area contributed by atoms with Gasteiger partial charge in [0.1, 0.15) is 16.4 Å². The van der Waals surface area contributed by atoms with E-state index in [0.717, 1.165) is 0 Å². The highest BCUT2D eigenvalue weighted by Gasteiger charge is 2.08. The third-order valence-electron chi connectivity index (χ3n) is 2.68. The first kappa shape index (κ1) is 14.9. The molecule has 0 aliphatic rings. The van der Waals surface area contributed by atoms with Crippen LogP contribution in [0.5, 0.6) is 5.75 Å². The van der Waals surface area contributed by atoms with Crippen LogP contribution >= 0.6 is 12.2 Å². The summed E-state index contributed by atoms with van der Waals surface area (Å²) in [6, 6.07) is 10.4. The number of hydrogen-bond acceptors (Lipinski definition) is 4. The Morgan fingerprint density at radius 2 is 2.19 bits per heavy atom. The van der Waals surface area contributed by atoms with Gasteiger partial charge in [-0.25, -0.2) is 0 Å². The molecule has 108 valence electrons. The number of rotatable bonds is 5. The monoisotopic (exact) mass is 301 g/mol. The van der Waals surface area contributed by atoms with Crippen LogP contribution in [-0.2, 0) is 0 Å². The second-order valence-electron chi connectivity index (χ2n) is 4.21. The Balaban J connectivity index is 2.10. The molecule has 0 saturated carbocycles. The number of anilines is 1. The third-order valence-corrected chi connectivity index (χ3v) is 2.92. The van der Waals surface area contributed by atoms with Crippen molar-refractivity contribution in [3.63, 3.8) is 0 Å². The van der Waals surface area contributed by atoms with Crippen molar-refractivity contribution >= 4 is 28.8 Å². The van der Waals surface area contributed by atoms with Crippen LogP contribution in [0.4, 0.5) is 5.69 Å². The van der Waals surface area contributed by atoms with Crippen LogP contribution in [0, 0.1) is 0 Å². The van der Waals surface area contributed by atoms with Gasteiger partial charge in [-0.15, -0.1) is 0 Å². The molecule has 2 rings (SSSR count). The zero-order chi connectivity index (χ0) is 15.2. The molecule has 0 atom stereocenters. The number of nitrogens with one attached hydrogen (secondary N) is 1. The molecule has 0 spiro atoms. The molecule has 0 bridgehead atoms. The van der Waals surface area contributed by atoms with Gasteiger partial charge in [0.25, 0.3) is 5.91 Å². The van der Waals surface area contributed by atoms with Crippen molar-refractivity contribution in [2.24, 2.45) is 5.73 Å². The van der Waals surface area contributed by atoms with Crippen LogP contribution < -0.4 is 15.8 Å². The van der Waals surface area contributed by atoms with E-state index in [1.807, 2.05) is 19.1 Å². The average Bonchev–Trinajstić information content (AvgIpc) is 2.48. The van der Waals surface area contributed by atoms with Crippen molar-refractivity contribution in [2.75, 3.05) is 11.9 Å². The molecule has 0 aliphatic heterocycles. The summed E-state index contributed by atoms with van der Waals surface area (Å²) in [5.74, 6) is 0.394. The van der Waals surface area contributed by atoms with Gasteiger partial charge in [0.2, 0.25) is 0 Å². The van der Waals surface area contributed by atoms with Crippen molar-refractivity contribution in [1.29, 1.82) is 0 Å². The summed E-state index contributed by atoms with van der Waals surface area (Å²) in [5, 5.41) is 2.76. The fourth-order valence-electron chi connectivity index (χ4n) is 1.70. The van der Waals surface area contributed by atoms with Crippen LogP contribution in [0.1, 0.15) is 23.0 Å². The van der Waals surface area contributed by atoms with E-state index in [1.165, 1.54) is 6.20 Å². The SMILES string of the molecule is CCOc1cccc(NC(=O)c2ccc(C(N)=S)cn2)c1. The Hall–Kier alpha value is -2.47. The van der Waals surface area contributed by atoms with Crippen LogP contribution in [0.15, 0.2) is 42.6 Å². The Kier molecular flexibility index (Phi) is 4.84. The molecule has 0 fully saturated rings. The number of carbonyl (C=O) groups excluding carboxylic acids is 1. The van der Waals surface area contributed by atoms with Gasteiger partial charge in [-0.05, 0) is 31.2 Å². The summed E-state index contributed by atoms with van der Waals surface area (Å²) in [5.41, 5.74) is 7.04. The molecule has 6 heteroatoms. The number of amides is 1. The van der Waals surface area contributed by atoms with E-state index in [9.17, 15) is 4.79 Å². The average molecular weight is 301 g/mol. The molecule has 0 unspecified atom stereocenters. The molecule has 2 aromatic rings. The predicted octanol–water partition coefficient (Wildman–Crippen LogP) is 2.37. The van der Waals surface area contributed by atoms with Gasteiger partial charge in [0, 0.05) is 23.5 Å². The molecule has 1 heterocycles. The number of nitrogens with zero attached hydrogens (tertiary/aromatic N) is 1. The third kappa shape index (κ3) is 4.00. The second-order valence-corrected chi connectivity index (χ2v) is 4.65. The molecule has 0 aliphatic carbocycles. The van der Waals surface area contributed by atoms with Gasteiger partial charge in [-0.3, -0.25) is 9.78 Å². The number of nitrogens with two attached hydrogens (primary N) is 1. The topological polar surface area (TPSA) is 77.2 Å². The molecule has 1 aromatic heterocycles. The first-order chi connectivity index (χ1) is 10.1. The minimum Gasteiger partial charge on any atom is -0.494 e. The lowest BCUT2D eigenvalue weighted by molar-refractivity contribution is 0.102. The van der Waals surface area contributed by atoms with E-state index in [0.29, 0.717) is 23.6 Å². The number of thiocarbonyl (C=S) groups is 1. The smallest absolute Gasteiger partial charge is 0.274 e. The molecule has 1 aromatic carbocycles. The predicted molar refractivity (Wildman–Crippen MR) is 85.7 cm³/mol. The summed E-state index contributed by atoms with van der Waals surface area (Å²) in [4.78, 5) is 16.4. The van der Waals surface area contributed by atoms with Crippen LogP contribution in [-0.4, -0.2) is 22.5 Å². The summed E-state index contributed by atoms with van der Waals surface area (Å²) >= 11 is 4.84. The highest BCUT2D eigenvalue weighted by Crippen LogP contribution is 2.17. The summed E-state index contributed by atoms with van der Waals surface area (Å²) in [6.45, 7) is 2.47. The minimum atomic E-state index is -0.307. The summed E-state index contributed by atoms with van der Waals surface area (Å²) in [6.07, 6.45) is 1.48. The van der Waals surface area contributed by atoms with Crippen LogP contribution in [0.25, 0.3) is 0 Å². The van der Waals surface area contributed by atoms with E-state index < -0.39 is 0 Å². The molecule has 1 amide bonds. The van der Waals surface area contributed by atoms with Gasteiger partial charge in [-0.1, -0.05) is 18.3 Å². The Labute approximate surface area is 128 Å². The summed E-state index contributed by atoms with van der Waals surface area (Å²) in [7, 11) is 0. The van der Waals surface area contributed by atoms with Gasteiger partial charge in [-0.2, -0.15) is 0 Å². The largest absolute Gasteiger partial charge is 0.494 e. The maximum atomic E-state index is 12.1. The number of carbonyl (C=O) groups is 1. The van der Waals surface area contributed by atoms with Crippen molar-refractivity contribution in [1.82, 2.24) is 4.98 Å². The number of benzene rings is 1. The molecule has 5 nitrogen and oxygen atoms in total. The molecular weight excluding hydrogens is 286 g/mol. The van der Waals surface area contributed by atoms with Crippen molar-refractivity contribution in [3.8, 4) is 5.75 Å². The number of hydrogen-bond donors (Lipinski definition) is 2. The first-order valence-electron chi connectivity index (χ1n) is 6.40. The Bertz CT molecular complexity index is 656. The molecule has 0 saturated heterocycles. The fraction of sp³-hybridized carbons (Fsp3) is 0.133. The zero-order valence-corrected chi connectivity index (χ0v) is 12.3. The second kappa shape index (κ2) is 6.81. The van der Waals surface area contributed by atoms with Crippen molar-refractivity contribution in [2.45, 2.75) is 6.92 Å². The lowest BCUT2D eigenvalue weighted by atomic mass is 10.2. The van der Waals surface area contributed by atoms with Gasteiger partial charge < -0.3 is 15.8 Å². The van der Waals surface area contributed by atoms with E-state index in [2.05, 4.69) is 10.3 Å². The minimum absolute atomic E-state index is 0.249. The van der Waals surface area contributed by atoms with E-state index >= 15 is 0 Å². The fourth-order valence-corrected chi connectivity index (χ4v) is 1.82. The Morgan fingerprint density at radius 3 is 2.81 bits per heavy atom. The molecule has 3 N–H and O–H groups in total. The Morgan fingerprint density at radius 1 is 1.38 bits per heavy atom. The zero-order valence-electron chi connectivity index (χ0n) is 11.5. The lowest BCUT2D eigenvalue weighted by Crippen LogP contribution is -2.15. The lowest BCUT2D eigenvalue weighted by Gasteiger charge is -2.08. The number of ether oxygens (including phenoxy) is 1. The van der Waals surface area contributed by atoms with Crippen molar-refractivity contribution < 1.29 is 9.53 Å². The molecule has 21 heavy (non-hydrogen) atoms. The first-order valence-corrected chi connectivity index (χ1v) is 6.81. The normalized spacial score (nSPS) is 9.95. The van der Waals surface area contributed by atoms with Crippen LogP contribution in [0.3, 0.4) is 0 Å². The van der Waals surface area contributed by atoms with Gasteiger partial charge in [0.05, 0.1) is 6.61 Å². The van der Waals surface area contributed by atoms with E-state index in [-0.39, 0.29) is 16.6 Å². The van der Waals surface area contributed by atoms with E-state index in [4.69, 9.17) is 22.7 Å². The van der Waals surface area contributed by atoms with Crippen LogP contribution in [0.2, 0.25) is 0 Å². The quantitative estimate of drug-likeness (QED) is 0.829.